The molecule has 1 unspecified atom stereocenters. The molecule has 1 amide bonds. The number of amides is 1. The number of hydrogen-bond donors (Lipinski definition) is 1. The number of benzene rings is 2. The Morgan fingerprint density at radius 1 is 1.00 bits per heavy atom. The Labute approximate surface area is 157 Å². The summed E-state index contributed by atoms with van der Waals surface area (Å²) in [7, 11) is 2.08. The minimum Gasteiger partial charge on any atom is -0.348 e. The van der Waals surface area contributed by atoms with Crippen LogP contribution in [0.3, 0.4) is 0 Å². The van der Waals surface area contributed by atoms with Gasteiger partial charge in [-0.1, -0.05) is 60.7 Å². The van der Waals surface area contributed by atoms with Gasteiger partial charge in [-0.25, -0.2) is 0 Å². The van der Waals surface area contributed by atoms with Gasteiger partial charge in [-0.15, -0.1) is 0 Å². The molecule has 138 valence electrons. The van der Waals surface area contributed by atoms with Crippen molar-refractivity contribution in [3.05, 3.63) is 71.8 Å². The number of nitrogens with one attached hydrogen (secondary N) is 1. The molecule has 3 rings (SSSR count). The van der Waals surface area contributed by atoms with Gasteiger partial charge in [-0.05, 0) is 56.7 Å². The molecule has 2 aromatic carbocycles. The van der Waals surface area contributed by atoms with Crippen molar-refractivity contribution in [2.75, 3.05) is 13.6 Å². The summed E-state index contributed by atoms with van der Waals surface area (Å²) in [6.45, 7) is 2.51. The molecule has 1 aliphatic rings. The minimum absolute atomic E-state index is 0.0471. The molecule has 1 fully saturated rings. The Balaban J connectivity index is 1.45. The fraction of sp³-hybridized carbons (Fsp3) is 0.435. The zero-order valence-corrected chi connectivity index (χ0v) is 15.9. The third kappa shape index (κ3) is 4.95. The molecule has 3 nitrogen and oxygen atoms in total. The summed E-state index contributed by atoms with van der Waals surface area (Å²) in [5.41, 5.74) is 2.61. The monoisotopic (exact) mass is 350 g/mol. The van der Waals surface area contributed by atoms with Gasteiger partial charge >= 0.3 is 0 Å². The lowest BCUT2D eigenvalue weighted by Crippen LogP contribution is -2.42. The van der Waals surface area contributed by atoms with Crippen molar-refractivity contribution in [2.45, 2.75) is 50.6 Å². The van der Waals surface area contributed by atoms with Crippen LogP contribution in [0.25, 0.3) is 0 Å². The quantitative estimate of drug-likeness (QED) is 0.830. The maximum Gasteiger partial charge on any atom is 0.234 e. The van der Waals surface area contributed by atoms with Gasteiger partial charge in [0.1, 0.15) is 0 Å². The summed E-state index contributed by atoms with van der Waals surface area (Å²) < 4.78 is 0. The van der Waals surface area contributed by atoms with Crippen LogP contribution in [0.2, 0.25) is 0 Å². The average Bonchev–Trinajstić information content (AvgIpc) is 2.69. The lowest BCUT2D eigenvalue weighted by atomic mass is 9.81. The van der Waals surface area contributed by atoms with Crippen molar-refractivity contribution in [3.8, 4) is 0 Å². The zero-order chi connectivity index (χ0) is 18.4. The van der Waals surface area contributed by atoms with Crippen LogP contribution in [-0.4, -0.2) is 30.4 Å². The highest BCUT2D eigenvalue weighted by Gasteiger charge is 2.26. The smallest absolute Gasteiger partial charge is 0.234 e. The van der Waals surface area contributed by atoms with Crippen LogP contribution in [0, 0.1) is 0 Å². The maximum absolute atomic E-state index is 12.4. The van der Waals surface area contributed by atoms with E-state index in [1.54, 1.807) is 0 Å². The summed E-state index contributed by atoms with van der Waals surface area (Å²) in [4.78, 5) is 14.6. The normalized spacial score (nSPS) is 21.3. The number of carbonyl (C=O) groups is 1. The average molecular weight is 351 g/mol. The van der Waals surface area contributed by atoms with Crippen molar-refractivity contribution in [2.24, 2.45) is 0 Å². The number of likely N-dealkylation sites (N-methyl/N-ethyl adjacent to an activating group) is 1. The first-order valence-electron chi connectivity index (χ1n) is 9.73. The standard InChI is InChI=1S/C23H30N2O/c1-18(19-9-5-3-6-10-19)24-23(26)17-25(2)22-15-13-21(14-16-22)20-11-7-4-8-12-20/h3-12,18,21-22H,13-17H2,1-2H3,(H,24,26). The van der Waals surface area contributed by atoms with E-state index in [2.05, 4.69) is 59.7 Å². The predicted octanol–water partition coefficient (Wildman–Crippen LogP) is 4.52. The number of hydrogen-bond acceptors (Lipinski definition) is 2. The van der Waals surface area contributed by atoms with E-state index in [1.165, 1.54) is 18.4 Å². The van der Waals surface area contributed by atoms with Crippen LogP contribution >= 0.6 is 0 Å². The van der Waals surface area contributed by atoms with Crippen LogP contribution in [-0.2, 0) is 4.79 Å². The molecule has 0 spiro atoms. The van der Waals surface area contributed by atoms with Gasteiger partial charge in [0.2, 0.25) is 5.91 Å². The van der Waals surface area contributed by atoms with Gasteiger partial charge in [0.15, 0.2) is 0 Å². The highest BCUT2D eigenvalue weighted by Crippen LogP contribution is 2.34. The molecule has 2 aromatic rings. The van der Waals surface area contributed by atoms with Crippen LogP contribution in [0.4, 0.5) is 0 Å². The first-order valence-corrected chi connectivity index (χ1v) is 9.73. The summed E-state index contributed by atoms with van der Waals surface area (Å²) in [6, 6.07) is 21.5. The van der Waals surface area contributed by atoms with Crippen LogP contribution in [0.5, 0.6) is 0 Å². The highest BCUT2D eigenvalue weighted by molar-refractivity contribution is 5.78. The van der Waals surface area contributed by atoms with E-state index in [0.29, 0.717) is 18.5 Å². The third-order valence-corrected chi connectivity index (χ3v) is 5.66. The molecule has 0 saturated heterocycles. The van der Waals surface area contributed by atoms with Crippen molar-refractivity contribution >= 4 is 5.91 Å². The van der Waals surface area contributed by atoms with Crippen molar-refractivity contribution < 1.29 is 4.79 Å². The lowest BCUT2D eigenvalue weighted by Gasteiger charge is -2.34. The fourth-order valence-electron chi connectivity index (χ4n) is 4.04. The van der Waals surface area contributed by atoms with E-state index in [1.807, 2.05) is 25.1 Å². The Hall–Kier alpha value is -2.13. The number of rotatable bonds is 6. The molecule has 0 radical (unpaired) electrons. The van der Waals surface area contributed by atoms with Gasteiger partial charge in [0.05, 0.1) is 12.6 Å². The van der Waals surface area contributed by atoms with Crippen LogP contribution in [0.1, 0.15) is 55.7 Å². The van der Waals surface area contributed by atoms with E-state index < -0.39 is 0 Å². The molecule has 0 heterocycles. The van der Waals surface area contributed by atoms with Gasteiger partial charge < -0.3 is 5.32 Å². The Morgan fingerprint density at radius 2 is 1.58 bits per heavy atom. The largest absolute Gasteiger partial charge is 0.348 e. The van der Waals surface area contributed by atoms with Gasteiger partial charge in [-0.2, -0.15) is 0 Å². The molecule has 0 aromatic heterocycles. The molecule has 1 saturated carbocycles. The summed E-state index contributed by atoms with van der Waals surface area (Å²) in [5, 5.41) is 3.12. The molecule has 0 aliphatic heterocycles. The van der Waals surface area contributed by atoms with Crippen molar-refractivity contribution in [1.29, 1.82) is 0 Å². The summed E-state index contributed by atoms with van der Waals surface area (Å²) >= 11 is 0. The predicted molar refractivity (Wildman–Crippen MR) is 107 cm³/mol. The van der Waals surface area contributed by atoms with Gasteiger partial charge in [0, 0.05) is 6.04 Å². The number of nitrogens with zero attached hydrogens (tertiary/aromatic N) is 1. The summed E-state index contributed by atoms with van der Waals surface area (Å²) in [5.74, 6) is 0.779. The van der Waals surface area contributed by atoms with Gasteiger partial charge in [0.25, 0.3) is 0 Å². The SMILES string of the molecule is CC(NC(=O)CN(C)C1CCC(c2ccccc2)CC1)c1ccccc1. The number of carbonyl (C=O) groups excluding carboxylic acids is 1. The molecule has 26 heavy (non-hydrogen) atoms. The van der Waals surface area contributed by atoms with E-state index in [9.17, 15) is 4.79 Å². The van der Waals surface area contributed by atoms with E-state index in [0.717, 1.165) is 18.4 Å². The van der Waals surface area contributed by atoms with Gasteiger partial charge in [-0.3, -0.25) is 9.69 Å². The second kappa shape index (κ2) is 9.00. The Kier molecular flexibility index (Phi) is 6.45. The topological polar surface area (TPSA) is 32.3 Å². The molecule has 1 aliphatic carbocycles. The molecular formula is C23H30N2O. The molecule has 0 bridgehead atoms. The van der Waals surface area contributed by atoms with E-state index in [-0.39, 0.29) is 11.9 Å². The first-order chi connectivity index (χ1) is 12.6. The second-order valence-electron chi connectivity index (χ2n) is 7.53. The first kappa shape index (κ1) is 18.7. The fourth-order valence-corrected chi connectivity index (χ4v) is 4.04. The second-order valence-corrected chi connectivity index (χ2v) is 7.53. The van der Waals surface area contributed by atoms with E-state index in [4.69, 9.17) is 0 Å². The maximum atomic E-state index is 12.4. The van der Waals surface area contributed by atoms with Crippen molar-refractivity contribution in [1.82, 2.24) is 10.2 Å². The Morgan fingerprint density at radius 3 is 2.19 bits per heavy atom. The summed E-state index contributed by atoms with van der Waals surface area (Å²) in [6.07, 6.45) is 4.75. The zero-order valence-electron chi connectivity index (χ0n) is 15.9. The Bertz CT molecular complexity index is 678. The van der Waals surface area contributed by atoms with E-state index >= 15 is 0 Å². The van der Waals surface area contributed by atoms with Crippen molar-refractivity contribution in [3.63, 3.8) is 0 Å². The minimum atomic E-state index is 0.0471. The molecule has 1 N–H and O–H groups in total. The van der Waals surface area contributed by atoms with Crippen LogP contribution < -0.4 is 5.32 Å². The van der Waals surface area contributed by atoms with Crippen LogP contribution in [0.15, 0.2) is 60.7 Å². The third-order valence-electron chi connectivity index (χ3n) is 5.66. The molecule has 1 atom stereocenters. The molecular weight excluding hydrogens is 320 g/mol. The molecule has 3 heteroatoms. The highest BCUT2D eigenvalue weighted by atomic mass is 16.2. The lowest BCUT2D eigenvalue weighted by molar-refractivity contribution is -0.123.